The van der Waals surface area contributed by atoms with Gasteiger partial charge in [-0.3, -0.25) is 9.59 Å². The van der Waals surface area contributed by atoms with Gasteiger partial charge in [0, 0.05) is 42.7 Å². The summed E-state index contributed by atoms with van der Waals surface area (Å²) in [6.07, 6.45) is 0. The zero-order valence-electron chi connectivity index (χ0n) is 16.9. The Labute approximate surface area is 181 Å². The van der Waals surface area contributed by atoms with E-state index in [1.165, 1.54) is 0 Å². The zero-order chi connectivity index (χ0) is 21.1. The number of carbonyl (C=O) groups is 2. The smallest absolute Gasteiger partial charge is 0.253 e. The van der Waals surface area contributed by atoms with Crippen LogP contribution in [0, 0.1) is 5.92 Å². The number of ether oxygens (including phenoxy) is 2. The minimum Gasteiger partial charge on any atom is -0.497 e. The second-order valence-corrected chi connectivity index (χ2v) is 8.08. The van der Waals surface area contributed by atoms with E-state index < -0.39 is 0 Å². The molecule has 2 aliphatic rings. The average molecular weight is 429 g/mol. The molecule has 158 valence electrons. The lowest BCUT2D eigenvalue weighted by Crippen LogP contribution is -2.45. The number of halogens is 1. The van der Waals surface area contributed by atoms with Crippen molar-refractivity contribution in [2.45, 2.75) is 5.92 Å². The highest BCUT2D eigenvalue weighted by Crippen LogP contribution is 2.36. The minimum atomic E-state index is -0.292. The molecular weight excluding hydrogens is 404 g/mol. The van der Waals surface area contributed by atoms with Gasteiger partial charge in [-0.05, 0) is 35.9 Å². The molecule has 0 unspecified atom stereocenters. The van der Waals surface area contributed by atoms with E-state index in [9.17, 15) is 9.59 Å². The van der Waals surface area contributed by atoms with Crippen LogP contribution >= 0.6 is 11.6 Å². The quantitative estimate of drug-likeness (QED) is 0.751. The highest BCUT2D eigenvalue weighted by Gasteiger charge is 2.42. The summed E-state index contributed by atoms with van der Waals surface area (Å²) >= 11 is 6.07. The summed E-state index contributed by atoms with van der Waals surface area (Å²) < 4.78 is 10.7. The van der Waals surface area contributed by atoms with Gasteiger partial charge in [0.15, 0.2) is 0 Å². The van der Waals surface area contributed by atoms with Gasteiger partial charge in [0.25, 0.3) is 5.91 Å². The third kappa shape index (κ3) is 4.30. The fourth-order valence-corrected chi connectivity index (χ4v) is 4.42. The van der Waals surface area contributed by atoms with Crippen LogP contribution in [-0.2, 0) is 9.53 Å². The summed E-state index contributed by atoms with van der Waals surface area (Å²) in [5, 5.41) is 0.521. The molecule has 0 spiro atoms. The van der Waals surface area contributed by atoms with E-state index in [0.717, 1.165) is 11.3 Å². The molecule has 7 heteroatoms. The maximum absolute atomic E-state index is 13.4. The molecular formula is C23H25ClN2O4. The van der Waals surface area contributed by atoms with Crippen molar-refractivity contribution < 1.29 is 19.1 Å². The van der Waals surface area contributed by atoms with Crippen molar-refractivity contribution >= 4 is 23.4 Å². The maximum atomic E-state index is 13.4. The molecule has 0 bridgehead atoms. The van der Waals surface area contributed by atoms with Crippen LogP contribution in [0.3, 0.4) is 0 Å². The Hall–Kier alpha value is -2.57. The van der Waals surface area contributed by atoms with Crippen LogP contribution in [0.5, 0.6) is 5.75 Å². The van der Waals surface area contributed by atoms with Crippen molar-refractivity contribution in [2.24, 2.45) is 5.92 Å². The molecule has 2 saturated heterocycles. The van der Waals surface area contributed by atoms with Crippen LogP contribution in [0.25, 0.3) is 0 Å². The fourth-order valence-electron chi connectivity index (χ4n) is 4.23. The first kappa shape index (κ1) is 20.7. The molecule has 2 atom stereocenters. The van der Waals surface area contributed by atoms with E-state index in [-0.39, 0.29) is 23.7 Å². The number of amides is 2. The summed E-state index contributed by atoms with van der Waals surface area (Å²) in [6.45, 7) is 3.16. The summed E-state index contributed by atoms with van der Waals surface area (Å²) in [6, 6.07) is 14.7. The number of likely N-dealkylation sites (tertiary alicyclic amines) is 1. The predicted molar refractivity (Wildman–Crippen MR) is 114 cm³/mol. The van der Waals surface area contributed by atoms with Gasteiger partial charge >= 0.3 is 0 Å². The van der Waals surface area contributed by atoms with Gasteiger partial charge in [-0.1, -0.05) is 29.8 Å². The largest absolute Gasteiger partial charge is 0.497 e. The van der Waals surface area contributed by atoms with Gasteiger partial charge < -0.3 is 19.3 Å². The number of carbonyl (C=O) groups excluding carboxylic acids is 2. The van der Waals surface area contributed by atoms with E-state index in [4.69, 9.17) is 21.1 Å². The molecule has 2 aromatic rings. The summed E-state index contributed by atoms with van der Waals surface area (Å²) in [5.41, 5.74) is 1.57. The molecule has 0 saturated carbocycles. The Morgan fingerprint density at radius 2 is 1.77 bits per heavy atom. The highest BCUT2D eigenvalue weighted by atomic mass is 35.5. The molecule has 0 radical (unpaired) electrons. The lowest BCUT2D eigenvalue weighted by Gasteiger charge is -2.30. The summed E-state index contributed by atoms with van der Waals surface area (Å²) in [4.78, 5) is 30.1. The Morgan fingerprint density at radius 1 is 1.03 bits per heavy atom. The molecule has 0 aromatic heterocycles. The van der Waals surface area contributed by atoms with Crippen molar-refractivity contribution in [1.29, 1.82) is 0 Å². The van der Waals surface area contributed by atoms with Gasteiger partial charge in [-0.25, -0.2) is 0 Å². The van der Waals surface area contributed by atoms with Gasteiger partial charge in [-0.15, -0.1) is 0 Å². The SMILES string of the molecule is COc1ccc([C@@H]2CN(C(=O)c3cccc(Cl)c3)C[C@@H]2C(=O)N2CCOCC2)cc1. The zero-order valence-corrected chi connectivity index (χ0v) is 17.7. The molecule has 30 heavy (non-hydrogen) atoms. The Bertz CT molecular complexity index is 912. The normalized spacial score (nSPS) is 21.5. The van der Waals surface area contributed by atoms with Crippen molar-refractivity contribution in [2.75, 3.05) is 46.5 Å². The molecule has 6 nitrogen and oxygen atoms in total. The number of methoxy groups -OCH3 is 1. The monoisotopic (exact) mass is 428 g/mol. The lowest BCUT2D eigenvalue weighted by molar-refractivity contribution is -0.139. The van der Waals surface area contributed by atoms with Crippen LogP contribution in [-0.4, -0.2) is 68.1 Å². The van der Waals surface area contributed by atoms with E-state index in [1.54, 1.807) is 36.3 Å². The predicted octanol–water partition coefficient (Wildman–Crippen LogP) is 3.06. The number of benzene rings is 2. The van der Waals surface area contributed by atoms with E-state index in [0.29, 0.717) is 50.0 Å². The first-order chi connectivity index (χ1) is 14.6. The number of hydrogen-bond donors (Lipinski definition) is 0. The Kier molecular flexibility index (Phi) is 6.25. The third-order valence-corrected chi connectivity index (χ3v) is 6.10. The van der Waals surface area contributed by atoms with Crippen LogP contribution in [0.15, 0.2) is 48.5 Å². The highest BCUT2D eigenvalue weighted by molar-refractivity contribution is 6.30. The maximum Gasteiger partial charge on any atom is 0.253 e. The van der Waals surface area contributed by atoms with Crippen LogP contribution < -0.4 is 4.74 Å². The van der Waals surface area contributed by atoms with E-state index in [1.807, 2.05) is 29.2 Å². The van der Waals surface area contributed by atoms with Crippen molar-refractivity contribution in [3.05, 3.63) is 64.7 Å². The van der Waals surface area contributed by atoms with Gasteiger partial charge in [0.1, 0.15) is 5.75 Å². The Morgan fingerprint density at radius 3 is 2.43 bits per heavy atom. The first-order valence-corrected chi connectivity index (χ1v) is 10.5. The Balaban J connectivity index is 1.60. The third-order valence-electron chi connectivity index (χ3n) is 5.86. The molecule has 2 aliphatic heterocycles. The number of rotatable bonds is 4. The molecule has 4 rings (SSSR count). The van der Waals surface area contributed by atoms with Gasteiger partial charge in [0.2, 0.25) is 5.91 Å². The number of nitrogens with zero attached hydrogens (tertiary/aromatic N) is 2. The summed E-state index contributed by atoms with van der Waals surface area (Å²) in [7, 11) is 1.63. The van der Waals surface area contributed by atoms with Gasteiger partial charge in [-0.2, -0.15) is 0 Å². The van der Waals surface area contributed by atoms with Crippen molar-refractivity contribution in [3.63, 3.8) is 0 Å². The average Bonchev–Trinajstić information content (AvgIpc) is 3.24. The second kappa shape index (κ2) is 9.06. The first-order valence-electron chi connectivity index (χ1n) is 10.1. The number of morpholine rings is 1. The topological polar surface area (TPSA) is 59.1 Å². The van der Waals surface area contributed by atoms with E-state index >= 15 is 0 Å². The van der Waals surface area contributed by atoms with Crippen LogP contribution in [0.2, 0.25) is 5.02 Å². The van der Waals surface area contributed by atoms with Crippen molar-refractivity contribution in [3.8, 4) is 5.75 Å². The molecule has 2 heterocycles. The summed E-state index contributed by atoms with van der Waals surface area (Å²) in [5.74, 6) is 0.377. The standard InChI is InChI=1S/C23H25ClN2O4/c1-29-19-7-5-16(6-8-19)20-14-26(22(27)17-3-2-4-18(24)13-17)15-21(20)23(28)25-9-11-30-12-10-25/h2-8,13,20-21H,9-12,14-15H2,1H3/t20-,21-/m0/s1. The fraction of sp³-hybridized carbons (Fsp3) is 0.391. The van der Waals surface area contributed by atoms with Crippen LogP contribution in [0.4, 0.5) is 0 Å². The minimum absolute atomic E-state index is 0.0746. The van der Waals surface area contributed by atoms with E-state index in [2.05, 4.69) is 0 Å². The molecule has 0 N–H and O–H groups in total. The molecule has 2 aromatic carbocycles. The number of hydrogen-bond acceptors (Lipinski definition) is 4. The van der Waals surface area contributed by atoms with Crippen molar-refractivity contribution in [1.82, 2.24) is 9.80 Å². The second-order valence-electron chi connectivity index (χ2n) is 7.64. The lowest BCUT2D eigenvalue weighted by atomic mass is 9.88. The molecule has 0 aliphatic carbocycles. The van der Waals surface area contributed by atoms with Crippen LogP contribution in [0.1, 0.15) is 21.8 Å². The molecule has 2 fully saturated rings. The molecule has 2 amide bonds. The van der Waals surface area contributed by atoms with Gasteiger partial charge in [0.05, 0.1) is 26.2 Å².